The second-order valence-electron chi connectivity index (χ2n) is 5.33. The molecule has 0 spiro atoms. The Morgan fingerprint density at radius 3 is 1.39 bits per heavy atom. The third-order valence-corrected chi connectivity index (χ3v) is 3.39. The predicted octanol–water partition coefficient (Wildman–Crippen LogP) is 3.00. The lowest BCUT2D eigenvalue weighted by atomic mass is 10.1. The molecule has 0 saturated carbocycles. The van der Waals surface area contributed by atoms with Crippen molar-refractivity contribution in [1.82, 2.24) is 10.6 Å². The van der Waals surface area contributed by atoms with E-state index in [1.54, 1.807) is 0 Å². The quantitative estimate of drug-likeness (QED) is 0.295. The molecule has 0 saturated heterocycles. The number of carboxylic acid groups (broad SMARTS) is 2. The summed E-state index contributed by atoms with van der Waals surface area (Å²) in [4.78, 5) is 21.9. The van der Waals surface area contributed by atoms with Gasteiger partial charge in [-0.1, -0.05) is 33.1 Å². The number of aliphatic carboxylic acids is 2. The van der Waals surface area contributed by atoms with Gasteiger partial charge in [0.25, 0.3) is 0 Å². The van der Waals surface area contributed by atoms with E-state index in [1.165, 1.54) is 0 Å². The lowest BCUT2D eigenvalue weighted by molar-refractivity contribution is -0.140. The van der Waals surface area contributed by atoms with E-state index in [0.29, 0.717) is 25.9 Å². The summed E-state index contributed by atoms with van der Waals surface area (Å²) in [5, 5.41) is 24.0. The molecule has 0 aliphatic heterocycles. The van der Waals surface area contributed by atoms with Crippen LogP contribution in [0.5, 0.6) is 0 Å². The third-order valence-electron chi connectivity index (χ3n) is 3.39. The Bertz CT molecular complexity index is 279. The summed E-state index contributed by atoms with van der Waals surface area (Å²) < 4.78 is 0. The molecule has 6 nitrogen and oxygen atoms in total. The van der Waals surface area contributed by atoms with Crippen LogP contribution >= 0.6 is 34.0 Å². The fraction of sp³-hybridized carbons (Fsp3) is 0.867. The van der Waals surface area contributed by atoms with Gasteiger partial charge in [-0.3, -0.25) is 9.59 Å². The van der Waals surface area contributed by atoms with E-state index in [1.807, 2.05) is 13.8 Å². The van der Waals surface area contributed by atoms with Crippen molar-refractivity contribution < 1.29 is 19.8 Å². The minimum absolute atomic E-state index is 0. The Kier molecular flexibility index (Phi) is 21.8. The van der Waals surface area contributed by atoms with Crippen LogP contribution in [0.3, 0.4) is 0 Å². The zero-order valence-corrected chi connectivity index (χ0v) is 17.5. The maximum atomic E-state index is 10.9. The highest BCUT2D eigenvalue weighted by Gasteiger charge is 2.15. The summed E-state index contributed by atoms with van der Waals surface area (Å²) in [7, 11) is 0. The number of carboxylic acids is 2. The van der Waals surface area contributed by atoms with Gasteiger partial charge >= 0.3 is 11.9 Å². The normalized spacial score (nSPS) is 12.6. The van der Waals surface area contributed by atoms with Crippen molar-refractivity contribution in [1.29, 1.82) is 0 Å². The van der Waals surface area contributed by atoms with Gasteiger partial charge in [0.1, 0.15) is 12.1 Å². The van der Waals surface area contributed by atoms with Gasteiger partial charge < -0.3 is 20.8 Å². The predicted molar refractivity (Wildman–Crippen MR) is 103 cm³/mol. The van der Waals surface area contributed by atoms with Gasteiger partial charge in [0.15, 0.2) is 0 Å². The van der Waals surface area contributed by atoms with E-state index in [2.05, 4.69) is 10.6 Å². The van der Waals surface area contributed by atoms with Crippen molar-refractivity contribution in [2.75, 3.05) is 13.1 Å². The first-order valence-electron chi connectivity index (χ1n) is 7.95. The summed E-state index contributed by atoms with van der Waals surface area (Å²) >= 11 is 0. The van der Waals surface area contributed by atoms with Crippen molar-refractivity contribution in [3.8, 4) is 0 Å². The second-order valence-corrected chi connectivity index (χ2v) is 5.33. The minimum Gasteiger partial charge on any atom is -0.480 e. The zero-order valence-electron chi connectivity index (χ0n) is 14.0. The van der Waals surface area contributed by atoms with Crippen molar-refractivity contribution in [2.24, 2.45) is 0 Å². The molecular weight excluding hydrogens is 432 g/mol. The van der Waals surface area contributed by atoms with Gasteiger partial charge in [0, 0.05) is 0 Å². The van der Waals surface area contributed by atoms with E-state index in [4.69, 9.17) is 10.2 Å². The first-order valence-corrected chi connectivity index (χ1v) is 7.95. The average molecular weight is 464 g/mol. The monoisotopic (exact) mass is 462 g/mol. The van der Waals surface area contributed by atoms with Crippen molar-refractivity contribution in [3.05, 3.63) is 0 Å². The van der Waals surface area contributed by atoms with Crippen molar-refractivity contribution in [3.63, 3.8) is 0 Å². The topological polar surface area (TPSA) is 98.7 Å². The number of hydrogen-bond acceptors (Lipinski definition) is 4. The molecule has 4 N–H and O–H groups in total. The van der Waals surface area contributed by atoms with Crippen LogP contribution in [0.25, 0.3) is 0 Å². The molecule has 2 unspecified atom stereocenters. The van der Waals surface area contributed by atoms with E-state index >= 15 is 0 Å². The molecule has 0 aromatic carbocycles. The molecule has 0 fully saturated rings. The van der Waals surface area contributed by atoms with Crippen LogP contribution in [0.1, 0.15) is 58.8 Å². The molecule has 0 aliphatic rings. The molecule has 0 bridgehead atoms. The van der Waals surface area contributed by atoms with Crippen molar-refractivity contribution >= 4 is 45.9 Å². The minimum atomic E-state index is -0.789. The fourth-order valence-electron chi connectivity index (χ4n) is 2.18. The summed E-state index contributed by atoms with van der Waals surface area (Å²) in [5.41, 5.74) is 0. The van der Waals surface area contributed by atoms with Crippen LogP contribution in [0.15, 0.2) is 0 Å². The standard InChI is InChI=1S/C15H30N2O4.2BrH/c1-3-8-12(14(18)19)16-10-6-5-7-11-17-13(9-4-2)15(20)21;;/h12-13,16-17H,3-11H2,1-2H3,(H,18,19)(H,20,21);2*1H. The van der Waals surface area contributed by atoms with Crippen LogP contribution in [0.4, 0.5) is 0 Å². The molecule has 2 atom stereocenters. The molecule has 0 amide bonds. The van der Waals surface area contributed by atoms with Crippen LogP contribution in [-0.2, 0) is 9.59 Å². The molecule has 0 heterocycles. The molecule has 0 aromatic heterocycles. The van der Waals surface area contributed by atoms with Gasteiger partial charge in [-0.2, -0.15) is 0 Å². The first-order chi connectivity index (χ1) is 10.0. The Morgan fingerprint density at radius 1 is 0.783 bits per heavy atom. The van der Waals surface area contributed by atoms with Crippen LogP contribution in [-0.4, -0.2) is 47.3 Å². The van der Waals surface area contributed by atoms with Crippen LogP contribution < -0.4 is 10.6 Å². The van der Waals surface area contributed by atoms with E-state index in [9.17, 15) is 9.59 Å². The summed E-state index contributed by atoms with van der Waals surface area (Å²) in [6.07, 6.45) is 5.75. The van der Waals surface area contributed by atoms with Gasteiger partial charge in [-0.05, 0) is 38.8 Å². The summed E-state index contributed by atoms with van der Waals surface area (Å²) in [5.74, 6) is -1.58. The molecule has 140 valence electrons. The summed E-state index contributed by atoms with van der Waals surface area (Å²) in [6, 6.07) is -0.900. The van der Waals surface area contributed by atoms with Crippen LogP contribution in [0.2, 0.25) is 0 Å². The van der Waals surface area contributed by atoms with E-state index in [0.717, 1.165) is 32.1 Å². The molecule has 23 heavy (non-hydrogen) atoms. The van der Waals surface area contributed by atoms with Crippen molar-refractivity contribution in [2.45, 2.75) is 70.9 Å². The van der Waals surface area contributed by atoms with E-state index < -0.39 is 24.0 Å². The maximum Gasteiger partial charge on any atom is 0.320 e. The lowest BCUT2D eigenvalue weighted by Gasteiger charge is -2.14. The Labute approximate surface area is 160 Å². The van der Waals surface area contributed by atoms with Gasteiger partial charge in [0.2, 0.25) is 0 Å². The highest BCUT2D eigenvalue weighted by molar-refractivity contribution is 8.93. The Morgan fingerprint density at radius 2 is 1.13 bits per heavy atom. The zero-order chi connectivity index (χ0) is 16.1. The summed E-state index contributed by atoms with van der Waals surface area (Å²) in [6.45, 7) is 5.32. The highest BCUT2D eigenvalue weighted by Crippen LogP contribution is 2.00. The highest BCUT2D eigenvalue weighted by atomic mass is 79.9. The number of halogens is 2. The Balaban J connectivity index is -0.00000200. The Hall–Kier alpha value is -0.180. The van der Waals surface area contributed by atoms with Crippen LogP contribution in [0, 0.1) is 0 Å². The molecule has 0 aromatic rings. The average Bonchev–Trinajstić information content (AvgIpc) is 2.43. The van der Waals surface area contributed by atoms with Gasteiger partial charge in [0.05, 0.1) is 0 Å². The van der Waals surface area contributed by atoms with Gasteiger partial charge in [-0.25, -0.2) is 0 Å². The molecule has 0 aliphatic carbocycles. The fourth-order valence-corrected chi connectivity index (χ4v) is 2.18. The smallest absolute Gasteiger partial charge is 0.320 e. The lowest BCUT2D eigenvalue weighted by Crippen LogP contribution is -2.37. The molecule has 0 rings (SSSR count). The third kappa shape index (κ3) is 15.1. The largest absolute Gasteiger partial charge is 0.480 e. The maximum absolute atomic E-state index is 10.9. The molecule has 0 radical (unpaired) electrons. The van der Waals surface area contributed by atoms with Gasteiger partial charge in [-0.15, -0.1) is 34.0 Å². The SMILES string of the molecule is Br.Br.CCCC(NCCCCCNC(CCC)C(=O)O)C(=O)O. The number of nitrogens with one attached hydrogen (secondary N) is 2. The number of rotatable bonds is 14. The van der Waals surface area contributed by atoms with E-state index in [-0.39, 0.29) is 34.0 Å². The molecule has 8 heteroatoms. The first kappa shape index (κ1) is 27.7. The second kappa shape index (κ2) is 18.2. The number of carbonyl (C=O) groups is 2. The molecular formula is C15H32Br2N2O4. The number of unbranched alkanes of at least 4 members (excludes halogenated alkanes) is 2. The number of hydrogen-bond donors (Lipinski definition) is 4.